The standard InChI is InChI=1S/C13H17F3N2O/c14-9-12(18-6-4-17-5-7-18)10-2-1-3-11(8-10)19-13(15)16/h1-3,8,12-13,17H,4-7,9H2/t12-/m1/s1. The van der Waals surface area contributed by atoms with Crippen LogP contribution in [0.5, 0.6) is 5.75 Å². The molecule has 0 unspecified atom stereocenters. The predicted molar refractivity (Wildman–Crippen MR) is 66.2 cm³/mol. The fourth-order valence-electron chi connectivity index (χ4n) is 2.29. The third kappa shape index (κ3) is 3.84. The first kappa shape index (κ1) is 14.1. The number of hydrogen-bond acceptors (Lipinski definition) is 3. The molecule has 1 heterocycles. The summed E-state index contributed by atoms with van der Waals surface area (Å²) in [7, 11) is 0. The highest BCUT2D eigenvalue weighted by Crippen LogP contribution is 2.25. The van der Waals surface area contributed by atoms with Crippen LogP contribution in [0.15, 0.2) is 24.3 Å². The molecule has 3 nitrogen and oxygen atoms in total. The Labute approximate surface area is 110 Å². The molecule has 0 amide bonds. The topological polar surface area (TPSA) is 24.5 Å². The van der Waals surface area contributed by atoms with E-state index in [9.17, 15) is 13.2 Å². The van der Waals surface area contributed by atoms with Gasteiger partial charge in [-0.15, -0.1) is 0 Å². The molecule has 0 aromatic heterocycles. The highest BCUT2D eigenvalue weighted by Gasteiger charge is 2.22. The van der Waals surface area contributed by atoms with Crippen molar-refractivity contribution >= 4 is 0 Å². The van der Waals surface area contributed by atoms with Crippen LogP contribution in [0.4, 0.5) is 13.2 Å². The monoisotopic (exact) mass is 274 g/mol. The Bertz CT molecular complexity index is 397. The van der Waals surface area contributed by atoms with Gasteiger partial charge in [-0.05, 0) is 17.7 Å². The fraction of sp³-hybridized carbons (Fsp3) is 0.538. The highest BCUT2D eigenvalue weighted by molar-refractivity contribution is 5.31. The van der Waals surface area contributed by atoms with Crippen LogP contribution in [0.3, 0.4) is 0 Å². The summed E-state index contributed by atoms with van der Waals surface area (Å²) >= 11 is 0. The lowest BCUT2D eigenvalue weighted by Crippen LogP contribution is -2.45. The zero-order valence-corrected chi connectivity index (χ0v) is 10.5. The van der Waals surface area contributed by atoms with E-state index >= 15 is 0 Å². The molecule has 1 aromatic rings. The summed E-state index contributed by atoms with van der Waals surface area (Å²) < 4.78 is 42.0. The molecule has 1 saturated heterocycles. The van der Waals surface area contributed by atoms with Crippen molar-refractivity contribution in [3.63, 3.8) is 0 Å². The maximum absolute atomic E-state index is 13.3. The molecule has 1 aromatic carbocycles. The van der Waals surface area contributed by atoms with E-state index in [1.54, 1.807) is 12.1 Å². The summed E-state index contributed by atoms with van der Waals surface area (Å²) in [5.41, 5.74) is 0.669. The average Bonchev–Trinajstić information content (AvgIpc) is 2.40. The Morgan fingerprint density at radius 2 is 2.00 bits per heavy atom. The number of piperazine rings is 1. The number of nitrogens with zero attached hydrogens (tertiary/aromatic N) is 1. The van der Waals surface area contributed by atoms with Crippen molar-refractivity contribution in [2.45, 2.75) is 12.7 Å². The minimum Gasteiger partial charge on any atom is -0.435 e. The van der Waals surface area contributed by atoms with Crippen LogP contribution in [-0.4, -0.2) is 44.4 Å². The molecule has 0 bridgehead atoms. The Hall–Kier alpha value is -1.27. The van der Waals surface area contributed by atoms with Crippen LogP contribution in [-0.2, 0) is 0 Å². The zero-order valence-electron chi connectivity index (χ0n) is 10.5. The van der Waals surface area contributed by atoms with Gasteiger partial charge in [0.1, 0.15) is 12.4 Å². The molecule has 0 saturated carbocycles. The van der Waals surface area contributed by atoms with E-state index in [1.807, 2.05) is 4.90 Å². The largest absolute Gasteiger partial charge is 0.435 e. The van der Waals surface area contributed by atoms with Crippen molar-refractivity contribution < 1.29 is 17.9 Å². The van der Waals surface area contributed by atoms with Gasteiger partial charge in [-0.25, -0.2) is 4.39 Å². The Kier molecular flexibility index (Phi) is 5.04. The molecule has 0 spiro atoms. The van der Waals surface area contributed by atoms with Crippen LogP contribution in [0.2, 0.25) is 0 Å². The van der Waals surface area contributed by atoms with Gasteiger partial charge in [0.15, 0.2) is 0 Å². The average molecular weight is 274 g/mol. The second kappa shape index (κ2) is 6.77. The van der Waals surface area contributed by atoms with Crippen molar-refractivity contribution in [2.24, 2.45) is 0 Å². The molecule has 6 heteroatoms. The molecule has 1 aliphatic rings. The molecule has 0 radical (unpaired) electrons. The maximum atomic E-state index is 13.3. The lowest BCUT2D eigenvalue weighted by molar-refractivity contribution is -0.0499. The van der Waals surface area contributed by atoms with Crippen molar-refractivity contribution in [1.82, 2.24) is 10.2 Å². The summed E-state index contributed by atoms with van der Waals surface area (Å²) in [5.74, 6) is 0.0704. The fourth-order valence-corrected chi connectivity index (χ4v) is 2.29. The predicted octanol–water partition coefficient (Wildman–Crippen LogP) is 2.20. The zero-order chi connectivity index (χ0) is 13.7. The number of hydrogen-bond donors (Lipinski definition) is 1. The number of halogens is 3. The first-order valence-electron chi connectivity index (χ1n) is 6.26. The SMILES string of the molecule is FC[C@H](c1cccc(OC(F)F)c1)N1CCNCC1. The van der Waals surface area contributed by atoms with Gasteiger partial charge in [0.25, 0.3) is 0 Å². The second-order valence-corrected chi connectivity index (χ2v) is 4.41. The van der Waals surface area contributed by atoms with Crippen LogP contribution in [0.25, 0.3) is 0 Å². The van der Waals surface area contributed by atoms with Crippen LogP contribution in [0.1, 0.15) is 11.6 Å². The van der Waals surface area contributed by atoms with Gasteiger partial charge in [-0.3, -0.25) is 4.90 Å². The van der Waals surface area contributed by atoms with Gasteiger partial charge >= 0.3 is 6.61 Å². The summed E-state index contributed by atoms with van der Waals surface area (Å²) in [6.07, 6.45) is 0. The Balaban J connectivity index is 2.12. The lowest BCUT2D eigenvalue weighted by Gasteiger charge is -2.33. The van der Waals surface area contributed by atoms with Crippen LogP contribution < -0.4 is 10.1 Å². The highest BCUT2D eigenvalue weighted by atomic mass is 19.3. The molecular weight excluding hydrogens is 257 g/mol. The minimum atomic E-state index is -2.86. The normalized spacial score (nSPS) is 18.5. The first-order valence-corrected chi connectivity index (χ1v) is 6.26. The van der Waals surface area contributed by atoms with Gasteiger partial charge in [-0.2, -0.15) is 8.78 Å². The summed E-state index contributed by atoms with van der Waals surface area (Å²) in [4.78, 5) is 2.01. The third-order valence-corrected chi connectivity index (χ3v) is 3.21. The van der Waals surface area contributed by atoms with Gasteiger partial charge < -0.3 is 10.1 Å². The van der Waals surface area contributed by atoms with E-state index in [2.05, 4.69) is 10.1 Å². The van der Waals surface area contributed by atoms with Crippen molar-refractivity contribution in [2.75, 3.05) is 32.9 Å². The number of alkyl halides is 3. The number of rotatable bonds is 5. The van der Waals surface area contributed by atoms with Crippen LogP contribution >= 0.6 is 0 Å². The van der Waals surface area contributed by atoms with E-state index in [0.717, 1.165) is 26.2 Å². The van der Waals surface area contributed by atoms with E-state index in [0.29, 0.717) is 5.56 Å². The molecule has 1 atom stereocenters. The first-order chi connectivity index (χ1) is 9.20. The van der Waals surface area contributed by atoms with Gasteiger partial charge in [0.2, 0.25) is 0 Å². The summed E-state index contributed by atoms with van der Waals surface area (Å²) in [6.45, 7) is -0.299. The number of nitrogens with one attached hydrogen (secondary N) is 1. The number of ether oxygens (including phenoxy) is 1. The third-order valence-electron chi connectivity index (χ3n) is 3.21. The molecule has 1 aliphatic heterocycles. The van der Waals surface area contributed by atoms with Crippen molar-refractivity contribution in [3.8, 4) is 5.75 Å². The molecular formula is C13H17F3N2O. The molecule has 19 heavy (non-hydrogen) atoms. The van der Waals surface area contributed by atoms with E-state index in [-0.39, 0.29) is 5.75 Å². The minimum absolute atomic E-state index is 0.0704. The Morgan fingerprint density at radius 3 is 2.63 bits per heavy atom. The Morgan fingerprint density at radius 1 is 1.26 bits per heavy atom. The maximum Gasteiger partial charge on any atom is 0.387 e. The van der Waals surface area contributed by atoms with Gasteiger partial charge in [-0.1, -0.05) is 12.1 Å². The molecule has 0 aliphatic carbocycles. The molecule has 1 fully saturated rings. The number of benzene rings is 1. The van der Waals surface area contributed by atoms with E-state index in [1.165, 1.54) is 12.1 Å². The van der Waals surface area contributed by atoms with E-state index < -0.39 is 19.3 Å². The molecule has 106 valence electrons. The lowest BCUT2D eigenvalue weighted by atomic mass is 10.1. The smallest absolute Gasteiger partial charge is 0.387 e. The summed E-state index contributed by atoms with van der Waals surface area (Å²) in [6, 6.07) is 5.88. The van der Waals surface area contributed by atoms with Gasteiger partial charge in [0, 0.05) is 26.2 Å². The molecule has 1 N–H and O–H groups in total. The molecule has 2 rings (SSSR count). The van der Waals surface area contributed by atoms with Crippen LogP contribution in [0, 0.1) is 0 Å². The summed E-state index contributed by atoms with van der Waals surface area (Å²) in [5, 5.41) is 3.19. The second-order valence-electron chi connectivity index (χ2n) is 4.41. The van der Waals surface area contributed by atoms with Crippen molar-refractivity contribution in [3.05, 3.63) is 29.8 Å². The van der Waals surface area contributed by atoms with E-state index in [4.69, 9.17) is 0 Å². The van der Waals surface area contributed by atoms with Gasteiger partial charge in [0.05, 0.1) is 6.04 Å². The quantitative estimate of drug-likeness (QED) is 0.891. The van der Waals surface area contributed by atoms with Crippen molar-refractivity contribution in [1.29, 1.82) is 0 Å².